The quantitative estimate of drug-likeness (QED) is 0.555. The van der Waals surface area contributed by atoms with E-state index in [9.17, 15) is 4.79 Å². The number of hydrogen-bond donors (Lipinski definition) is 2. The van der Waals surface area contributed by atoms with Gasteiger partial charge in [-0.2, -0.15) is 5.26 Å². The molecule has 0 spiro atoms. The van der Waals surface area contributed by atoms with Gasteiger partial charge in [0.25, 0.3) is 5.91 Å². The lowest BCUT2D eigenvalue weighted by Gasteiger charge is -2.01. The zero-order valence-corrected chi connectivity index (χ0v) is 8.28. The van der Waals surface area contributed by atoms with E-state index in [4.69, 9.17) is 9.68 Å². The first-order valence-corrected chi connectivity index (χ1v) is 4.36. The average Bonchev–Trinajstić information content (AvgIpc) is 2.75. The minimum atomic E-state index is -0.428. The third kappa shape index (κ3) is 3.19. The summed E-state index contributed by atoms with van der Waals surface area (Å²) in [6.45, 7) is 0.272. The van der Waals surface area contributed by atoms with Crippen LogP contribution in [0.1, 0.15) is 5.76 Å². The highest BCUT2D eigenvalue weighted by Crippen LogP contribution is 1.99. The lowest BCUT2D eigenvalue weighted by Crippen LogP contribution is -2.24. The monoisotopic (exact) mass is 205 g/mol. The van der Waals surface area contributed by atoms with Crippen molar-refractivity contribution in [2.45, 2.75) is 6.54 Å². The third-order valence-electron chi connectivity index (χ3n) is 1.66. The second-order valence-corrected chi connectivity index (χ2v) is 2.72. The summed E-state index contributed by atoms with van der Waals surface area (Å²) in [5.74, 6) is 0.216. The van der Waals surface area contributed by atoms with Gasteiger partial charge in [0.15, 0.2) is 0 Å². The largest absolute Gasteiger partial charge is 0.467 e. The molecular formula is C10H11N3O2. The minimum absolute atomic E-state index is 0.0315. The Bertz CT molecular complexity index is 387. The SMILES string of the molecule is CN/C=C(/C#N)C(=O)NCc1ccco1. The molecule has 0 aromatic carbocycles. The zero-order valence-electron chi connectivity index (χ0n) is 8.28. The predicted molar refractivity (Wildman–Crippen MR) is 53.3 cm³/mol. The highest BCUT2D eigenvalue weighted by atomic mass is 16.3. The fraction of sp³-hybridized carbons (Fsp3) is 0.200. The van der Waals surface area contributed by atoms with Gasteiger partial charge in [0.2, 0.25) is 0 Å². The normalized spacial score (nSPS) is 10.5. The van der Waals surface area contributed by atoms with Gasteiger partial charge < -0.3 is 15.1 Å². The lowest BCUT2D eigenvalue weighted by atomic mass is 10.3. The highest BCUT2D eigenvalue weighted by Gasteiger charge is 2.08. The van der Waals surface area contributed by atoms with Crippen LogP contribution in [-0.4, -0.2) is 13.0 Å². The van der Waals surface area contributed by atoms with Crippen molar-refractivity contribution in [2.24, 2.45) is 0 Å². The first-order chi connectivity index (χ1) is 7.27. The maximum Gasteiger partial charge on any atom is 0.263 e. The molecule has 0 radical (unpaired) electrons. The first-order valence-electron chi connectivity index (χ1n) is 4.36. The Kier molecular flexibility index (Phi) is 3.98. The third-order valence-corrected chi connectivity index (χ3v) is 1.66. The molecule has 1 heterocycles. The van der Waals surface area contributed by atoms with E-state index in [2.05, 4.69) is 10.6 Å². The molecule has 0 aliphatic heterocycles. The van der Waals surface area contributed by atoms with Gasteiger partial charge in [0.05, 0.1) is 12.8 Å². The molecule has 78 valence electrons. The van der Waals surface area contributed by atoms with Crippen LogP contribution in [-0.2, 0) is 11.3 Å². The van der Waals surface area contributed by atoms with E-state index < -0.39 is 5.91 Å². The van der Waals surface area contributed by atoms with E-state index >= 15 is 0 Å². The summed E-state index contributed by atoms with van der Waals surface area (Å²) >= 11 is 0. The standard InChI is InChI=1S/C10H11N3O2/c1-12-6-8(5-11)10(14)13-7-9-3-2-4-15-9/h2-4,6,12H,7H2,1H3,(H,13,14)/b8-6-. The molecule has 15 heavy (non-hydrogen) atoms. The van der Waals surface area contributed by atoms with Crippen molar-refractivity contribution in [3.05, 3.63) is 35.9 Å². The summed E-state index contributed by atoms with van der Waals surface area (Å²) in [6.07, 6.45) is 2.87. The number of amides is 1. The van der Waals surface area contributed by atoms with Crippen LogP contribution in [0.5, 0.6) is 0 Å². The van der Waals surface area contributed by atoms with Crippen LogP contribution in [0.2, 0.25) is 0 Å². The van der Waals surface area contributed by atoms with Crippen LogP contribution >= 0.6 is 0 Å². The molecular weight excluding hydrogens is 194 g/mol. The predicted octanol–water partition coefficient (Wildman–Crippen LogP) is 0.523. The second-order valence-electron chi connectivity index (χ2n) is 2.72. The fourth-order valence-corrected chi connectivity index (χ4v) is 0.969. The molecule has 5 heteroatoms. The number of carbonyl (C=O) groups is 1. The highest BCUT2D eigenvalue weighted by molar-refractivity contribution is 5.96. The zero-order chi connectivity index (χ0) is 11.1. The maximum atomic E-state index is 11.4. The topological polar surface area (TPSA) is 78.1 Å². The molecule has 0 fully saturated rings. The van der Waals surface area contributed by atoms with Crippen molar-refractivity contribution >= 4 is 5.91 Å². The second kappa shape index (κ2) is 5.50. The van der Waals surface area contributed by atoms with Crippen LogP contribution < -0.4 is 10.6 Å². The average molecular weight is 205 g/mol. The van der Waals surface area contributed by atoms with Crippen LogP contribution in [0.25, 0.3) is 0 Å². The minimum Gasteiger partial charge on any atom is -0.467 e. The molecule has 1 aromatic rings. The molecule has 0 atom stereocenters. The van der Waals surface area contributed by atoms with Crippen molar-refractivity contribution in [1.29, 1.82) is 5.26 Å². The van der Waals surface area contributed by atoms with E-state index in [0.29, 0.717) is 5.76 Å². The van der Waals surface area contributed by atoms with Crippen molar-refractivity contribution in [2.75, 3.05) is 7.05 Å². The first kappa shape index (κ1) is 10.9. The number of nitrogens with zero attached hydrogens (tertiary/aromatic N) is 1. The summed E-state index contributed by atoms with van der Waals surface area (Å²) in [7, 11) is 1.62. The Balaban J connectivity index is 2.49. The Hall–Kier alpha value is -2.22. The van der Waals surface area contributed by atoms with Crippen molar-refractivity contribution in [3.8, 4) is 6.07 Å². The summed E-state index contributed by atoms with van der Waals surface area (Å²) < 4.78 is 5.02. The number of carbonyl (C=O) groups excluding carboxylic acids is 1. The van der Waals surface area contributed by atoms with Gasteiger partial charge in [-0.05, 0) is 12.1 Å². The summed E-state index contributed by atoms with van der Waals surface area (Å²) in [5, 5.41) is 13.8. The van der Waals surface area contributed by atoms with Crippen molar-refractivity contribution in [1.82, 2.24) is 10.6 Å². The Morgan fingerprint density at radius 2 is 2.53 bits per heavy atom. The molecule has 0 unspecified atom stereocenters. The van der Waals surface area contributed by atoms with Gasteiger partial charge >= 0.3 is 0 Å². The van der Waals surface area contributed by atoms with E-state index in [1.54, 1.807) is 25.2 Å². The molecule has 5 nitrogen and oxygen atoms in total. The number of hydrogen-bond acceptors (Lipinski definition) is 4. The summed E-state index contributed by atoms with van der Waals surface area (Å²) in [5.41, 5.74) is 0.0315. The number of nitriles is 1. The molecule has 1 amide bonds. The van der Waals surface area contributed by atoms with Crippen LogP contribution in [0.4, 0.5) is 0 Å². The van der Waals surface area contributed by atoms with Gasteiger partial charge in [0.1, 0.15) is 17.4 Å². The summed E-state index contributed by atoms with van der Waals surface area (Å²) in [4.78, 5) is 11.4. The van der Waals surface area contributed by atoms with E-state index in [1.165, 1.54) is 12.5 Å². The number of furan rings is 1. The van der Waals surface area contributed by atoms with Gasteiger partial charge in [-0.1, -0.05) is 0 Å². The smallest absolute Gasteiger partial charge is 0.263 e. The molecule has 2 N–H and O–H groups in total. The van der Waals surface area contributed by atoms with Gasteiger partial charge in [-0.25, -0.2) is 0 Å². The molecule has 0 bridgehead atoms. The van der Waals surface area contributed by atoms with E-state index in [0.717, 1.165) is 0 Å². The Morgan fingerprint density at radius 3 is 3.07 bits per heavy atom. The molecule has 1 aromatic heterocycles. The van der Waals surface area contributed by atoms with Gasteiger partial charge in [-0.3, -0.25) is 4.79 Å². The van der Waals surface area contributed by atoms with Crippen molar-refractivity contribution < 1.29 is 9.21 Å². The molecule has 1 rings (SSSR count). The molecule has 0 saturated heterocycles. The molecule has 0 aliphatic rings. The Morgan fingerprint density at radius 1 is 1.73 bits per heavy atom. The van der Waals surface area contributed by atoms with Crippen LogP contribution in [0, 0.1) is 11.3 Å². The van der Waals surface area contributed by atoms with E-state index in [-0.39, 0.29) is 12.1 Å². The maximum absolute atomic E-state index is 11.4. The van der Waals surface area contributed by atoms with Gasteiger partial charge in [-0.15, -0.1) is 0 Å². The fourth-order valence-electron chi connectivity index (χ4n) is 0.969. The van der Waals surface area contributed by atoms with E-state index in [1.807, 2.05) is 0 Å². The number of rotatable bonds is 4. The van der Waals surface area contributed by atoms with Crippen LogP contribution in [0.15, 0.2) is 34.6 Å². The van der Waals surface area contributed by atoms with Crippen LogP contribution in [0.3, 0.4) is 0 Å². The lowest BCUT2D eigenvalue weighted by molar-refractivity contribution is -0.117. The summed E-state index contributed by atoms with van der Waals surface area (Å²) in [6, 6.07) is 5.27. The molecule has 0 saturated carbocycles. The van der Waals surface area contributed by atoms with Crippen molar-refractivity contribution in [3.63, 3.8) is 0 Å². The number of nitrogens with one attached hydrogen (secondary N) is 2. The molecule has 0 aliphatic carbocycles. The van der Waals surface area contributed by atoms with Gasteiger partial charge in [0, 0.05) is 13.2 Å². The Labute approximate surface area is 87.4 Å².